The standard InChI is InChI=1S/C18H14O6/c1-22-15-7-10(3-5-13(15)19)8-16-17(20)12-9-11(18(21)23-2)4-6-14(12)24-16/h3-9,19H,1-2H3. The van der Waals surface area contributed by atoms with E-state index in [1.54, 1.807) is 24.3 Å². The molecular formula is C18H14O6. The second-order valence-corrected chi connectivity index (χ2v) is 5.07. The number of ether oxygens (including phenoxy) is 3. The minimum absolute atomic E-state index is 0.00400. The normalized spacial score (nSPS) is 14.2. The van der Waals surface area contributed by atoms with Gasteiger partial charge >= 0.3 is 5.97 Å². The first-order valence-corrected chi connectivity index (χ1v) is 7.07. The molecule has 6 nitrogen and oxygen atoms in total. The van der Waals surface area contributed by atoms with Crippen LogP contribution in [-0.4, -0.2) is 31.1 Å². The molecule has 0 radical (unpaired) electrons. The molecule has 0 saturated carbocycles. The summed E-state index contributed by atoms with van der Waals surface area (Å²) in [5.41, 5.74) is 1.21. The van der Waals surface area contributed by atoms with Crippen molar-refractivity contribution in [2.45, 2.75) is 0 Å². The number of hydrogen-bond acceptors (Lipinski definition) is 6. The van der Waals surface area contributed by atoms with Crippen LogP contribution in [-0.2, 0) is 4.74 Å². The summed E-state index contributed by atoms with van der Waals surface area (Å²) in [6.07, 6.45) is 1.54. The fourth-order valence-electron chi connectivity index (χ4n) is 2.37. The average molecular weight is 326 g/mol. The van der Waals surface area contributed by atoms with Gasteiger partial charge in [-0.15, -0.1) is 0 Å². The average Bonchev–Trinajstić information content (AvgIpc) is 2.91. The Morgan fingerprint density at radius 1 is 1.17 bits per heavy atom. The van der Waals surface area contributed by atoms with Crippen LogP contribution in [0.4, 0.5) is 0 Å². The number of phenolic OH excluding ortho intramolecular Hbond substituents is 1. The third-order valence-electron chi connectivity index (χ3n) is 3.59. The van der Waals surface area contributed by atoms with Crippen molar-refractivity contribution in [2.75, 3.05) is 14.2 Å². The number of rotatable bonds is 3. The molecule has 0 unspecified atom stereocenters. The first-order valence-electron chi connectivity index (χ1n) is 7.07. The molecule has 0 amide bonds. The molecule has 3 rings (SSSR count). The van der Waals surface area contributed by atoms with Gasteiger partial charge in [0.15, 0.2) is 17.3 Å². The van der Waals surface area contributed by atoms with E-state index < -0.39 is 5.97 Å². The molecule has 1 N–H and O–H groups in total. The summed E-state index contributed by atoms with van der Waals surface area (Å²) in [5, 5.41) is 9.61. The van der Waals surface area contributed by atoms with Crippen LogP contribution in [0.2, 0.25) is 0 Å². The fourth-order valence-corrected chi connectivity index (χ4v) is 2.37. The number of benzene rings is 2. The zero-order valence-corrected chi connectivity index (χ0v) is 13.0. The van der Waals surface area contributed by atoms with Gasteiger partial charge in [-0.05, 0) is 42.0 Å². The van der Waals surface area contributed by atoms with E-state index in [9.17, 15) is 14.7 Å². The van der Waals surface area contributed by atoms with Gasteiger partial charge in [-0.2, -0.15) is 0 Å². The molecule has 0 spiro atoms. The van der Waals surface area contributed by atoms with Crippen molar-refractivity contribution < 1.29 is 28.9 Å². The predicted molar refractivity (Wildman–Crippen MR) is 85.4 cm³/mol. The van der Waals surface area contributed by atoms with Crippen molar-refractivity contribution >= 4 is 17.8 Å². The molecule has 1 aliphatic rings. The maximum atomic E-state index is 12.5. The van der Waals surface area contributed by atoms with Gasteiger partial charge in [-0.1, -0.05) is 6.07 Å². The van der Waals surface area contributed by atoms with Crippen LogP contribution in [0, 0.1) is 0 Å². The van der Waals surface area contributed by atoms with E-state index in [2.05, 4.69) is 4.74 Å². The first-order chi connectivity index (χ1) is 11.5. The van der Waals surface area contributed by atoms with Gasteiger partial charge in [-0.25, -0.2) is 4.79 Å². The second kappa shape index (κ2) is 6.08. The summed E-state index contributed by atoms with van der Waals surface area (Å²) < 4.78 is 15.2. The number of phenols is 1. The van der Waals surface area contributed by atoms with Crippen molar-refractivity contribution in [3.05, 3.63) is 58.8 Å². The minimum Gasteiger partial charge on any atom is -0.504 e. The molecule has 0 bridgehead atoms. The number of fused-ring (bicyclic) bond motifs is 1. The van der Waals surface area contributed by atoms with E-state index in [0.29, 0.717) is 22.6 Å². The summed E-state index contributed by atoms with van der Waals surface area (Å²) >= 11 is 0. The molecule has 0 atom stereocenters. The summed E-state index contributed by atoms with van der Waals surface area (Å²) in [5.74, 6) is -0.0527. The molecule has 122 valence electrons. The Balaban J connectivity index is 1.94. The number of methoxy groups -OCH3 is 2. The maximum absolute atomic E-state index is 12.5. The van der Waals surface area contributed by atoms with Gasteiger partial charge in [0.05, 0.1) is 25.3 Å². The predicted octanol–water partition coefficient (Wildman–Crippen LogP) is 2.80. The van der Waals surface area contributed by atoms with E-state index in [1.165, 1.54) is 32.4 Å². The fraction of sp³-hybridized carbons (Fsp3) is 0.111. The molecule has 6 heteroatoms. The van der Waals surface area contributed by atoms with Crippen molar-refractivity contribution in [3.63, 3.8) is 0 Å². The number of allylic oxidation sites excluding steroid dienone is 1. The summed E-state index contributed by atoms with van der Waals surface area (Å²) in [4.78, 5) is 24.0. The lowest BCUT2D eigenvalue weighted by Gasteiger charge is -2.04. The van der Waals surface area contributed by atoms with Crippen LogP contribution in [0.15, 0.2) is 42.2 Å². The van der Waals surface area contributed by atoms with Gasteiger partial charge in [-0.3, -0.25) is 4.79 Å². The van der Waals surface area contributed by atoms with Gasteiger partial charge in [0.1, 0.15) is 5.75 Å². The van der Waals surface area contributed by atoms with Crippen molar-refractivity contribution in [3.8, 4) is 17.2 Å². The van der Waals surface area contributed by atoms with E-state index in [1.807, 2.05) is 0 Å². The quantitative estimate of drug-likeness (QED) is 0.690. The zero-order valence-electron chi connectivity index (χ0n) is 13.0. The number of ketones is 1. The molecule has 0 aromatic heterocycles. The molecule has 24 heavy (non-hydrogen) atoms. The highest BCUT2D eigenvalue weighted by molar-refractivity contribution is 6.15. The smallest absolute Gasteiger partial charge is 0.337 e. The largest absolute Gasteiger partial charge is 0.504 e. The Kier molecular flexibility index (Phi) is 3.95. The lowest BCUT2D eigenvalue weighted by atomic mass is 10.1. The van der Waals surface area contributed by atoms with Crippen LogP contribution in [0.5, 0.6) is 17.2 Å². The molecule has 0 saturated heterocycles. The van der Waals surface area contributed by atoms with Crippen LogP contribution in [0.25, 0.3) is 6.08 Å². The summed E-state index contributed by atoms with van der Waals surface area (Å²) in [6.45, 7) is 0. The number of carbonyl (C=O) groups excluding carboxylic acids is 2. The third kappa shape index (κ3) is 2.69. The Morgan fingerprint density at radius 2 is 1.96 bits per heavy atom. The van der Waals surface area contributed by atoms with Crippen LogP contribution >= 0.6 is 0 Å². The van der Waals surface area contributed by atoms with Crippen molar-refractivity contribution in [1.29, 1.82) is 0 Å². The van der Waals surface area contributed by atoms with Crippen LogP contribution in [0.1, 0.15) is 26.3 Å². The monoisotopic (exact) mass is 326 g/mol. The van der Waals surface area contributed by atoms with Crippen molar-refractivity contribution in [1.82, 2.24) is 0 Å². The number of hydrogen-bond donors (Lipinski definition) is 1. The molecule has 1 heterocycles. The van der Waals surface area contributed by atoms with E-state index in [0.717, 1.165) is 0 Å². The van der Waals surface area contributed by atoms with E-state index in [-0.39, 0.29) is 22.9 Å². The van der Waals surface area contributed by atoms with E-state index in [4.69, 9.17) is 9.47 Å². The molecule has 2 aromatic rings. The summed E-state index contributed by atoms with van der Waals surface area (Å²) in [6, 6.07) is 9.21. The summed E-state index contributed by atoms with van der Waals surface area (Å²) in [7, 11) is 2.71. The molecule has 1 aliphatic heterocycles. The Labute approximate surface area is 137 Å². The second-order valence-electron chi connectivity index (χ2n) is 5.07. The van der Waals surface area contributed by atoms with Gasteiger partial charge in [0.25, 0.3) is 0 Å². The Morgan fingerprint density at radius 3 is 2.67 bits per heavy atom. The number of aromatic hydroxyl groups is 1. The van der Waals surface area contributed by atoms with Crippen LogP contribution in [0.3, 0.4) is 0 Å². The Hall–Kier alpha value is -3.28. The van der Waals surface area contributed by atoms with Crippen LogP contribution < -0.4 is 9.47 Å². The highest BCUT2D eigenvalue weighted by Gasteiger charge is 2.28. The third-order valence-corrected chi connectivity index (χ3v) is 3.59. The highest BCUT2D eigenvalue weighted by Crippen LogP contribution is 2.34. The molecule has 0 fully saturated rings. The lowest BCUT2D eigenvalue weighted by molar-refractivity contribution is 0.0600. The van der Waals surface area contributed by atoms with Crippen molar-refractivity contribution in [2.24, 2.45) is 0 Å². The number of carbonyl (C=O) groups is 2. The number of esters is 1. The SMILES string of the molecule is COC(=O)c1ccc2c(c1)C(=O)C(=Cc1ccc(O)c(OC)c1)O2. The lowest BCUT2D eigenvalue weighted by Crippen LogP contribution is -2.02. The molecule has 2 aromatic carbocycles. The molecule has 0 aliphatic carbocycles. The van der Waals surface area contributed by atoms with E-state index >= 15 is 0 Å². The first kappa shape index (κ1) is 15.6. The topological polar surface area (TPSA) is 82.1 Å². The number of Topliss-reactive ketones (excluding diaryl/α,β-unsaturated/α-hetero) is 1. The van der Waals surface area contributed by atoms with Gasteiger partial charge in [0.2, 0.25) is 5.78 Å². The highest BCUT2D eigenvalue weighted by atomic mass is 16.5. The zero-order chi connectivity index (χ0) is 17.3. The Bertz CT molecular complexity index is 866. The van der Waals surface area contributed by atoms with Gasteiger partial charge < -0.3 is 19.3 Å². The van der Waals surface area contributed by atoms with Gasteiger partial charge in [0, 0.05) is 0 Å². The minimum atomic E-state index is -0.522. The maximum Gasteiger partial charge on any atom is 0.337 e. The molecular weight excluding hydrogens is 312 g/mol.